The molecule has 8 heteroatoms. The van der Waals surface area contributed by atoms with Gasteiger partial charge in [-0.1, -0.05) is 44.2 Å². The van der Waals surface area contributed by atoms with Crippen LogP contribution in [-0.4, -0.2) is 39.3 Å². The van der Waals surface area contributed by atoms with Gasteiger partial charge in [-0.2, -0.15) is 0 Å². The van der Waals surface area contributed by atoms with Crippen molar-refractivity contribution in [3.63, 3.8) is 0 Å². The van der Waals surface area contributed by atoms with E-state index in [1.54, 1.807) is 37.4 Å². The number of carbonyl (C=O) groups is 1. The minimum Gasteiger partial charge on any atom is -0.478 e. The molecule has 0 bridgehead atoms. The van der Waals surface area contributed by atoms with Gasteiger partial charge in [-0.25, -0.2) is 19.2 Å². The van der Waals surface area contributed by atoms with Gasteiger partial charge in [0.2, 0.25) is 5.88 Å². The van der Waals surface area contributed by atoms with Crippen LogP contribution in [0.4, 0.5) is 4.39 Å². The second kappa shape index (κ2) is 13.9. The zero-order chi connectivity index (χ0) is 30.2. The van der Waals surface area contributed by atoms with Crippen molar-refractivity contribution in [3.8, 4) is 17.1 Å². The average Bonchev–Trinajstić information content (AvgIpc) is 3.33. The van der Waals surface area contributed by atoms with Crippen LogP contribution in [0.15, 0.2) is 72.8 Å². The topological polar surface area (TPSA) is 86.5 Å². The maximum atomic E-state index is 14.2. The lowest BCUT2D eigenvalue weighted by molar-refractivity contribution is 0.0697. The zero-order valence-electron chi connectivity index (χ0n) is 24.6. The molecule has 42 heavy (non-hydrogen) atoms. The van der Waals surface area contributed by atoms with Gasteiger partial charge >= 0.3 is 5.97 Å². The Morgan fingerprint density at radius 1 is 0.952 bits per heavy atom. The maximum absolute atomic E-state index is 14.2. The Bertz CT molecular complexity index is 1700. The average molecular weight is 570 g/mol. The maximum Gasteiger partial charge on any atom is 0.335 e. The highest BCUT2D eigenvalue weighted by Crippen LogP contribution is 2.26. The molecule has 5 rings (SSSR count). The Hall–Kier alpha value is -4.56. The van der Waals surface area contributed by atoms with Crippen LogP contribution in [-0.2, 0) is 24.3 Å². The van der Waals surface area contributed by atoms with E-state index in [1.165, 1.54) is 6.07 Å². The Kier molecular flexibility index (Phi) is 10.0. The van der Waals surface area contributed by atoms with Crippen LogP contribution in [0.25, 0.3) is 22.3 Å². The molecule has 2 aromatic heterocycles. The molecular formula is C34H36FN3O4. The van der Waals surface area contributed by atoms with Crippen molar-refractivity contribution in [2.24, 2.45) is 0 Å². The molecule has 0 saturated carbocycles. The van der Waals surface area contributed by atoms with Gasteiger partial charge in [-0.15, -0.1) is 0 Å². The molecule has 0 aliphatic rings. The van der Waals surface area contributed by atoms with Crippen molar-refractivity contribution < 1.29 is 23.8 Å². The summed E-state index contributed by atoms with van der Waals surface area (Å²) in [4.78, 5) is 21.0. The minimum absolute atomic E-state index is 0.0958. The fraction of sp³-hybridized carbons (Fsp3) is 0.265. The van der Waals surface area contributed by atoms with E-state index in [0.29, 0.717) is 31.0 Å². The lowest BCUT2D eigenvalue weighted by Crippen LogP contribution is -2.09. The highest BCUT2D eigenvalue weighted by molar-refractivity contribution is 5.92. The van der Waals surface area contributed by atoms with E-state index in [0.717, 1.165) is 44.8 Å². The minimum atomic E-state index is -0.972. The monoisotopic (exact) mass is 569 g/mol. The summed E-state index contributed by atoms with van der Waals surface area (Å²) in [5.74, 6) is -0.00527. The standard InChI is InChI=1S/C32H30FN3O4.C2H6/c1-20-7-8-25(26(33)15-20)19-40-31-6-4-5-27(35-31)23-10-9-22(21(2)16-23)18-30-34-28-12-11-24(32(37)38)17-29(28)36(30)13-14-39-3;1-2/h4-12,15-17H,13-14,18-19H2,1-3H3,(H,37,38);1-2H3. The number of hydrogen-bond donors (Lipinski definition) is 1. The number of hydrogen-bond acceptors (Lipinski definition) is 5. The lowest BCUT2D eigenvalue weighted by Gasteiger charge is -2.12. The van der Waals surface area contributed by atoms with E-state index in [1.807, 2.05) is 56.5 Å². The first-order valence-electron chi connectivity index (χ1n) is 14.0. The van der Waals surface area contributed by atoms with Gasteiger partial charge in [-0.05, 0) is 66.9 Å². The number of methoxy groups -OCH3 is 1. The van der Waals surface area contributed by atoms with Crippen molar-refractivity contribution in [1.82, 2.24) is 14.5 Å². The molecule has 0 fully saturated rings. The number of rotatable bonds is 10. The second-order valence-corrected chi connectivity index (χ2v) is 9.74. The van der Waals surface area contributed by atoms with Gasteiger partial charge < -0.3 is 19.1 Å². The third kappa shape index (κ3) is 7.01. The molecule has 218 valence electrons. The number of carboxylic acid groups (broad SMARTS) is 1. The van der Waals surface area contributed by atoms with Crippen molar-refractivity contribution >= 4 is 17.0 Å². The highest BCUT2D eigenvalue weighted by atomic mass is 19.1. The van der Waals surface area contributed by atoms with E-state index in [4.69, 9.17) is 14.5 Å². The van der Waals surface area contributed by atoms with Crippen LogP contribution >= 0.6 is 0 Å². The van der Waals surface area contributed by atoms with E-state index < -0.39 is 5.97 Å². The SMILES string of the molecule is CC.COCCn1c(Cc2ccc(-c3cccc(OCc4ccc(C)cc4F)n3)cc2C)nc2ccc(C(=O)O)cc21. The first-order chi connectivity index (χ1) is 20.3. The van der Waals surface area contributed by atoms with Crippen LogP contribution in [0, 0.1) is 19.7 Å². The van der Waals surface area contributed by atoms with Crippen molar-refractivity contribution in [3.05, 3.63) is 112 Å². The number of imidazole rings is 1. The lowest BCUT2D eigenvalue weighted by atomic mass is 10.0. The largest absolute Gasteiger partial charge is 0.478 e. The number of carboxylic acids is 1. The number of aromatic nitrogens is 3. The van der Waals surface area contributed by atoms with Crippen molar-refractivity contribution in [2.45, 2.75) is 47.3 Å². The van der Waals surface area contributed by atoms with Gasteiger partial charge in [0.15, 0.2) is 0 Å². The highest BCUT2D eigenvalue weighted by Gasteiger charge is 2.15. The molecular weight excluding hydrogens is 533 g/mol. The molecule has 0 radical (unpaired) electrons. The fourth-order valence-corrected chi connectivity index (χ4v) is 4.67. The number of aromatic carboxylic acids is 1. The molecule has 0 unspecified atom stereocenters. The molecule has 7 nitrogen and oxygen atoms in total. The zero-order valence-corrected chi connectivity index (χ0v) is 24.6. The van der Waals surface area contributed by atoms with E-state index in [2.05, 4.69) is 17.1 Å². The molecule has 0 aliphatic carbocycles. The van der Waals surface area contributed by atoms with Crippen LogP contribution in [0.5, 0.6) is 5.88 Å². The summed E-state index contributed by atoms with van der Waals surface area (Å²) in [7, 11) is 1.64. The van der Waals surface area contributed by atoms with Crippen LogP contribution in [0.1, 0.15) is 52.3 Å². The Balaban J connectivity index is 0.00000198. The number of aryl methyl sites for hydroxylation is 2. The van der Waals surface area contributed by atoms with Gasteiger partial charge in [0.25, 0.3) is 0 Å². The molecule has 2 heterocycles. The molecule has 5 aromatic rings. The number of pyridine rings is 1. The number of nitrogens with zero attached hydrogens (tertiary/aromatic N) is 3. The van der Waals surface area contributed by atoms with Gasteiger partial charge in [0.05, 0.1) is 28.9 Å². The quantitative estimate of drug-likeness (QED) is 0.189. The van der Waals surface area contributed by atoms with Gasteiger partial charge in [-0.3, -0.25) is 0 Å². The Morgan fingerprint density at radius 3 is 2.45 bits per heavy atom. The molecule has 0 spiro atoms. The molecule has 0 saturated heterocycles. The smallest absolute Gasteiger partial charge is 0.335 e. The van der Waals surface area contributed by atoms with Crippen LogP contribution < -0.4 is 4.74 Å². The van der Waals surface area contributed by atoms with Crippen LogP contribution in [0.3, 0.4) is 0 Å². The van der Waals surface area contributed by atoms with Crippen LogP contribution in [0.2, 0.25) is 0 Å². The number of halogens is 1. The molecule has 0 aliphatic heterocycles. The molecule has 3 aromatic carbocycles. The molecule has 1 N–H and O–H groups in total. The summed E-state index contributed by atoms with van der Waals surface area (Å²) in [6, 6.07) is 21.8. The van der Waals surface area contributed by atoms with E-state index >= 15 is 0 Å². The van der Waals surface area contributed by atoms with Crippen molar-refractivity contribution in [2.75, 3.05) is 13.7 Å². The van der Waals surface area contributed by atoms with E-state index in [9.17, 15) is 14.3 Å². The normalized spacial score (nSPS) is 10.8. The third-order valence-electron chi connectivity index (χ3n) is 6.89. The predicted octanol–water partition coefficient (Wildman–Crippen LogP) is 7.39. The predicted molar refractivity (Wildman–Crippen MR) is 163 cm³/mol. The Labute approximate surface area is 245 Å². The summed E-state index contributed by atoms with van der Waals surface area (Å²) < 4.78 is 27.3. The third-order valence-corrected chi connectivity index (χ3v) is 6.89. The number of ether oxygens (including phenoxy) is 2. The number of benzene rings is 3. The summed E-state index contributed by atoms with van der Waals surface area (Å²) in [5.41, 5.74) is 6.94. The Morgan fingerprint density at radius 2 is 1.74 bits per heavy atom. The fourth-order valence-electron chi connectivity index (χ4n) is 4.67. The summed E-state index contributed by atoms with van der Waals surface area (Å²) in [6.07, 6.45) is 0.575. The van der Waals surface area contributed by atoms with Gasteiger partial charge in [0, 0.05) is 37.3 Å². The number of fused-ring (bicyclic) bond motifs is 1. The summed E-state index contributed by atoms with van der Waals surface area (Å²) >= 11 is 0. The first kappa shape index (κ1) is 30.4. The van der Waals surface area contributed by atoms with E-state index in [-0.39, 0.29) is 18.0 Å². The molecule has 0 amide bonds. The van der Waals surface area contributed by atoms with Crippen molar-refractivity contribution in [1.29, 1.82) is 0 Å². The first-order valence-corrected chi connectivity index (χ1v) is 14.0. The second-order valence-electron chi connectivity index (χ2n) is 9.74. The summed E-state index contributed by atoms with van der Waals surface area (Å²) in [6.45, 7) is 9.03. The summed E-state index contributed by atoms with van der Waals surface area (Å²) in [5, 5.41) is 9.45. The molecule has 0 atom stereocenters. The van der Waals surface area contributed by atoms with Gasteiger partial charge in [0.1, 0.15) is 18.2 Å².